The van der Waals surface area contributed by atoms with Gasteiger partial charge in [-0.3, -0.25) is 0 Å². The highest BCUT2D eigenvalue weighted by atomic mass is 79.9. The predicted octanol–water partition coefficient (Wildman–Crippen LogP) is 4.17. The molecule has 0 amide bonds. The molecule has 0 aromatic rings. The Morgan fingerprint density at radius 1 is 1.43 bits per heavy atom. The minimum absolute atomic E-state index is 0.240. The zero-order valence-corrected chi connectivity index (χ0v) is 11.6. The Kier molecular flexibility index (Phi) is 6.71. The molecule has 0 fully saturated rings. The molecule has 0 saturated carbocycles. The number of rotatable bonds is 5. The maximum atomic E-state index is 5.50. The van der Waals surface area contributed by atoms with E-state index >= 15 is 0 Å². The van der Waals surface area contributed by atoms with E-state index in [4.69, 9.17) is 4.74 Å². The number of alkyl halides is 1. The van der Waals surface area contributed by atoms with Crippen molar-refractivity contribution < 1.29 is 4.74 Å². The van der Waals surface area contributed by atoms with Crippen LogP contribution in [0, 0.1) is 5.41 Å². The molecule has 1 atom stereocenters. The van der Waals surface area contributed by atoms with Crippen molar-refractivity contribution in [1.82, 2.24) is 0 Å². The van der Waals surface area contributed by atoms with E-state index in [0.717, 1.165) is 18.2 Å². The Morgan fingerprint density at radius 3 is 2.36 bits per heavy atom. The number of hydrogen-bond acceptors (Lipinski definition) is 1. The number of ether oxygens (including phenoxy) is 1. The largest absolute Gasteiger partial charge is 0.381 e. The van der Waals surface area contributed by atoms with Gasteiger partial charge in [0.2, 0.25) is 0 Å². The molecular formula is C12H23BrO. The first kappa shape index (κ1) is 14.2. The molecule has 14 heavy (non-hydrogen) atoms. The van der Waals surface area contributed by atoms with Gasteiger partial charge in [-0.25, -0.2) is 0 Å². The average Bonchev–Trinajstić information content (AvgIpc) is 2.03. The highest BCUT2D eigenvalue weighted by Crippen LogP contribution is 2.26. The molecule has 0 aromatic carbocycles. The normalized spacial score (nSPS) is 15.7. The summed E-state index contributed by atoms with van der Waals surface area (Å²) in [5, 5.41) is 0.950. The lowest BCUT2D eigenvalue weighted by atomic mass is 9.85. The predicted molar refractivity (Wildman–Crippen MR) is 67.0 cm³/mol. The third-order valence-electron chi connectivity index (χ3n) is 2.48. The summed E-state index contributed by atoms with van der Waals surface area (Å²) in [7, 11) is 1.81. The van der Waals surface area contributed by atoms with Gasteiger partial charge in [0.15, 0.2) is 0 Å². The van der Waals surface area contributed by atoms with Crippen LogP contribution in [-0.2, 0) is 4.74 Å². The summed E-state index contributed by atoms with van der Waals surface area (Å²) in [6.45, 7) is 8.86. The van der Waals surface area contributed by atoms with Gasteiger partial charge >= 0.3 is 0 Å². The standard InChI is InChI=1S/C12H23BrO/c1-10(8-9-13)6-7-11(14-5)12(2,3)4/h8,11H,6-7,9H2,1-5H3. The second kappa shape index (κ2) is 6.62. The Morgan fingerprint density at radius 2 is 2.00 bits per heavy atom. The van der Waals surface area contributed by atoms with E-state index in [9.17, 15) is 0 Å². The van der Waals surface area contributed by atoms with Crippen molar-refractivity contribution in [3.8, 4) is 0 Å². The Labute approximate surface area is 97.0 Å². The van der Waals surface area contributed by atoms with Crippen molar-refractivity contribution in [3.63, 3.8) is 0 Å². The number of methoxy groups -OCH3 is 1. The summed E-state index contributed by atoms with van der Waals surface area (Å²) >= 11 is 3.41. The van der Waals surface area contributed by atoms with E-state index in [1.807, 2.05) is 0 Å². The zero-order chi connectivity index (χ0) is 11.2. The molecule has 0 aliphatic rings. The molecule has 0 saturated heterocycles. The van der Waals surface area contributed by atoms with Crippen LogP contribution >= 0.6 is 15.9 Å². The van der Waals surface area contributed by atoms with E-state index < -0.39 is 0 Å². The lowest BCUT2D eigenvalue weighted by molar-refractivity contribution is 0.0110. The maximum absolute atomic E-state index is 5.50. The van der Waals surface area contributed by atoms with Gasteiger partial charge in [0.05, 0.1) is 6.10 Å². The van der Waals surface area contributed by atoms with Gasteiger partial charge in [-0.05, 0) is 25.2 Å². The molecule has 0 aliphatic heterocycles. The van der Waals surface area contributed by atoms with Crippen LogP contribution in [0.2, 0.25) is 0 Å². The summed E-state index contributed by atoms with van der Waals surface area (Å²) in [5.41, 5.74) is 1.68. The van der Waals surface area contributed by atoms with Crippen LogP contribution < -0.4 is 0 Å². The molecule has 84 valence electrons. The minimum Gasteiger partial charge on any atom is -0.381 e. The average molecular weight is 263 g/mol. The van der Waals surface area contributed by atoms with Gasteiger partial charge in [0, 0.05) is 12.4 Å². The molecule has 0 aliphatic carbocycles. The van der Waals surface area contributed by atoms with Crippen LogP contribution in [-0.4, -0.2) is 18.5 Å². The van der Waals surface area contributed by atoms with Crippen molar-refractivity contribution in [2.45, 2.75) is 46.6 Å². The number of hydrogen-bond donors (Lipinski definition) is 0. The first-order chi connectivity index (χ1) is 6.41. The number of allylic oxidation sites excluding steroid dienone is 2. The Bertz CT molecular complexity index is 179. The van der Waals surface area contributed by atoms with Gasteiger partial charge < -0.3 is 4.74 Å². The molecule has 0 spiro atoms. The SMILES string of the molecule is COC(CCC(C)=CCBr)C(C)(C)C. The minimum atomic E-state index is 0.240. The molecule has 0 bridgehead atoms. The fraction of sp³-hybridized carbons (Fsp3) is 0.833. The first-order valence-electron chi connectivity index (χ1n) is 5.16. The van der Waals surface area contributed by atoms with E-state index in [0.29, 0.717) is 6.10 Å². The van der Waals surface area contributed by atoms with Crippen LogP contribution in [0.15, 0.2) is 11.6 Å². The third kappa shape index (κ3) is 5.82. The summed E-state index contributed by atoms with van der Waals surface area (Å²) in [4.78, 5) is 0. The van der Waals surface area contributed by atoms with Crippen molar-refractivity contribution in [1.29, 1.82) is 0 Å². The van der Waals surface area contributed by atoms with Crippen LogP contribution in [0.3, 0.4) is 0 Å². The van der Waals surface area contributed by atoms with Gasteiger partial charge in [-0.1, -0.05) is 48.4 Å². The van der Waals surface area contributed by atoms with Crippen LogP contribution in [0.1, 0.15) is 40.5 Å². The summed E-state index contributed by atoms with van der Waals surface area (Å²) < 4.78 is 5.50. The van der Waals surface area contributed by atoms with Crippen molar-refractivity contribution >= 4 is 15.9 Å². The van der Waals surface area contributed by atoms with Gasteiger partial charge in [0.1, 0.15) is 0 Å². The molecule has 2 heteroatoms. The van der Waals surface area contributed by atoms with Crippen LogP contribution in [0.5, 0.6) is 0 Å². The molecule has 0 rings (SSSR count). The lowest BCUT2D eigenvalue weighted by Gasteiger charge is -2.29. The van der Waals surface area contributed by atoms with Crippen molar-refractivity contribution in [3.05, 3.63) is 11.6 Å². The van der Waals surface area contributed by atoms with Crippen LogP contribution in [0.25, 0.3) is 0 Å². The molecule has 0 heterocycles. The fourth-order valence-electron chi connectivity index (χ4n) is 1.50. The smallest absolute Gasteiger partial charge is 0.0622 e. The first-order valence-corrected chi connectivity index (χ1v) is 6.28. The van der Waals surface area contributed by atoms with Crippen LogP contribution in [0.4, 0.5) is 0 Å². The zero-order valence-electron chi connectivity index (χ0n) is 10.1. The molecule has 0 aromatic heterocycles. The molecule has 1 unspecified atom stereocenters. The van der Waals surface area contributed by atoms with Crippen molar-refractivity contribution in [2.75, 3.05) is 12.4 Å². The molecule has 1 nitrogen and oxygen atoms in total. The summed E-state index contributed by atoms with van der Waals surface area (Å²) in [6.07, 6.45) is 4.80. The molecule has 0 N–H and O–H groups in total. The lowest BCUT2D eigenvalue weighted by Crippen LogP contribution is -2.28. The van der Waals surface area contributed by atoms with E-state index in [2.05, 4.69) is 49.7 Å². The summed E-state index contributed by atoms with van der Waals surface area (Å²) in [6, 6.07) is 0. The third-order valence-corrected chi connectivity index (χ3v) is 2.80. The maximum Gasteiger partial charge on any atom is 0.0622 e. The van der Waals surface area contributed by atoms with Crippen molar-refractivity contribution in [2.24, 2.45) is 5.41 Å². The second-order valence-electron chi connectivity index (χ2n) is 4.83. The van der Waals surface area contributed by atoms with E-state index in [-0.39, 0.29) is 5.41 Å². The Balaban J connectivity index is 4.03. The van der Waals surface area contributed by atoms with Gasteiger partial charge in [-0.2, -0.15) is 0 Å². The van der Waals surface area contributed by atoms with Gasteiger partial charge in [0.25, 0.3) is 0 Å². The monoisotopic (exact) mass is 262 g/mol. The fourth-order valence-corrected chi connectivity index (χ4v) is 2.05. The molecule has 0 radical (unpaired) electrons. The highest BCUT2D eigenvalue weighted by Gasteiger charge is 2.23. The molecular weight excluding hydrogens is 240 g/mol. The quantitative estimate of drug-likeness (QED) is 0.534. The van der Waals surface area contributed by atoms with Gasteiger partial charge in [-0.15, -0.1) is 0 Å². The highest BCUT2D eigenvalue weighted by molar-refractivity contribution is 9.09. The summed E-state index contributed by atoms with van der Waals surface area (Å²) in [5.74, 6) is 0. The second-order valence-corrected chi connectivity index (χ2v) is 5.48. The topological polar surface area (TPSA) is 9.23 Å². The van der Waals surface area contributed by atoms with E-state index in [1.54, 1.807) is 7.11 Å². The van der Waals surface area contributed by atoms with E-state index in [1.165, 1.54) is 5.57 Å². The Hall–Kier alpha value is 0.180. The number of halogens is 1.